The van der Waals surface area contributed by atoms with E-state index in [1.165, 1.54) is 16.8 Å². The van der Waals surface area contributed by atoms with Crippen molar-refractivity contribution in [2.24, 2.45) is 7.05 Å². The second kappa shape index (κ2) is 6.09. The predicted molar refractivity (Wildman–Crippen MR) is 82.1 cm³/mol. The normalized spacial score (nSPS) is 12.0. The molecule has 2 rings (SSSR count). The van der Waals surface area contributed by atoms with Crippen LogP contribution in [0, 0.1) is 10.1 Å². The molecule has 1 amide bonds. The highest BCUT2D eigenvalue weighted by atomic mass is 79.9. The van der Waals surface area contributed by atoms with E-state index in [9.17, 15) is 14.9 Å². The lowest BCUT2D eigenvalue weighted by Gasteiger charge is -2.14. The van der Waals surface area contributed by atoms with Crippen molar-refractivity contribution in [1.82, 2.24) is 9.88 Å². The number of hydrogen-bond acceptors (Lipinski definition) is 3. The number of carbonyl (C=O) groups is 1. The monoisotopic (exact) mass is 351 g/mol. The van der Waals surface area contributed by atoms with Crippen LogP contribution in [-0.2, 0) is 7.05 Å². The Hall–Kier alpha value is -2.15. The molecule has 0 fully saturated rings. The van der Waals surface area contributed by atoms with Gasteiger partial charge in [-0.15, -0.1) is 0 Å². The summed E-state index contributed by atoms with van der Waals surface area (Å²) in [5.74, 6) is -0.346. The van der Waals surface area contributed by atoms with Gasteiger partial charge in [0.05, 0.1) is 17.2 Å². The molecule has 0 saturated heterocycles. The molecule has 21 heavy (non-hydrogen) atoms. The molecule has 1 aromatic heterocycles. The molecule has 1 heterocycles. The van der Waals surface area contributed by atoms with Gasteiger partial charge in [-0.2, -0.15) is 0 Å². The molecule has 0 spiro atoms. The van der Waals surface area contributed by atoms with Crippen molar-refractivity contribution in [3.05, 3.63) is 62.4 Å². The summed E-state index contributed by atoms with van der Waals surface area (Å²) in [6.07, 6.45) is 1.32. The van der Waals surface area contributed by atoms with Gasteiger partial charge >= 0.3 is 0 Å². The molecular weight excluding hydrogens is 338 g/mol. The number of amides is 1. The molecule has 1 atom stereocenters. The van der Waals surface area contributed by atoms with Crippen LogP contribution in [0.3, 0.4) is 0 Å². The summed E-state index contributed by atoms with van der Waals surface area (Å²) in [6.45, 7) is 1.86. The third kappa shape index (κ3) is 3.49. The van der Waals surface area contributed by atoms with Crippen LogP contribution in [0.2, 0.25) is 0 Å². The minimum atomic E-state index is -0.519. The molecule has 1 N–H and O–H groups in total. The lowest BCUT2D eigenvalue weighted by molar-refractivity contribution is -0.384. The summed E-state index contributed by atoms with van der Waals surface area (Å²) < 4.78 is 2.41. The van der Waals surface area contributed by atoms with Gasteiger partial charge in [0.15, 0.2) is 0 Å². The van der Waals surface area contributed by atoms with E-state index in [-0.39, 0.29) is 23.3 Å². The van der Waals surface area contributed by atoms with Gasteiger partial charge in [0.2, 0.25) is 0 Å². The summed E-state index contributed by atoms with van der Waals surface area (Å²) in [7, 11) is 1.60. The zero-order chi connectivity index (χ0) is 15.6. The first kappa shape index (κ1) is 15.2. The van der Waals surface area contributed by atoms with Crippen LogP contribution in [0.1, 0.15) is 29.0 Å². The molecule has 7 heteroatoms. The van der Waals surface area contributed by atoms with Crippen molar-refractivity contribution in [3.63, 3.8) is 0 Å². The number of nitrogens with one attached hydrogen (secondary N) is 1. The number of aromatic nitrogens is 1. The van der Waals surface area contributed by atoms with E-state index >= 15 is 0 Å². The van der Waals surface area contributed by atoms with Gasteiger partial charge in [0, 0.05) is 17.6 Å². The van der Waals surface area contributed by atoms with Crippen molar-refractivity contribution < 1.29 is 9.72 Å². The Bertz CT molecular complexity index is 679. The van der Waals surface area contributed by atoms with Gasteiger partial charge in [-0.1, -0.05) is 28.1 Å². The molecule has 0 bridgehead atoms. The molecule has 0 saturated carbocycles. The van der Waals surface area contributed by atoms with Gasteiger partial charge in [-0.3, -0.25) is 14.9 Å². The number of aryl methyl sites for hydroxylation is 1. The van der Waals surface area contributed by atoms with Crippen LogP contribution in [-0.4, -0.2) is 15.4 Å². The Kier molecular flexibility index (Phi) is 4.42. The van der Waals surface area contributed by atoms with Crippen molar-refractivity contribution in [3.8, 4) is 0 Å². The zero-order valence-electron chi connectivity index (χ0n) is 11.5. The first-order valence-electron chi connectivity index (χ1n) is 6.25. The molecule has 1 unspecified atom stereocenters. The van der Waals surface area contributed by atoms with Crippen molar-refractivity contribution in [2.75, 3.05) is 0 Å². The molecule has 0 radical (unpaired) electrons. The number of rotatable bonds is 4. The summed E-state index contributed by atoms with van der Waals surface area (Å²) in [4.78, 5) is 22.4. The molecule has 2 aromatic rings. The maximum atomic E-state index is 12.2. The summed E-state index contributed by atoms with van der Waals surface area (Å²) in [6, 6.07) is 8.67. The van der Waals surface area contributed by atoms with Crippen LogP contribution in [0.4, 0.5) is 5.69 Å². The zero-order valence-corrected chi connectivity index (χ0v) is 13.1. The van der Waals surface area contributed by atoms with Crippen LogP contribution in [0.5, 0.6) is 0 Å². The molecule has 1 aromatic carbocycles. The van der Waals surface area contributed by atoms with E-state index in [1.807, 2.05) is 31.2 Å². The molecule has 0 aliphatic carbocycles. The molecule has 0 aliphatic heterocycles. The molecular formula is C14H14BrN3O3. The number of halogens is 1. The van der Waals surface area contributed by atoms with Crippen molar-refractivity contribution in [1.29, 1.82) is 0 Å². The van der Waals surface area contributed by atoms with E-state index in [2.05, 4.69) is 21.2 Å². The van der Waals surface area contributed by atoms with Crippen LogP contribution in [0.15, 0.2) is 41.0 Å². The topological polar surface area (TPSA) is 77.2 Å². The Labute approximate surface area is 130 Å². The van der Waals surface area contributed by atoms with E-state index in [0.29, 0.717) is 0 Å². The van der Waals surface area contributed by atoms with Crippen molar-refractivity contribution >= 4 is 27.5 Å². The fraction of sp³-hybridized carbons (Fsp3) is 0.214. The van der Waals surface area contributed by atoms with Crippen LogP contribution >= 0.6 is 15.9 Å². The van der Waals surface area contributed by atoms with Crippen LogP contribution in [0.25, 0.3) is 0 Å². The second-order valence-electron chi connectivity index (χ2n) is 4.70. The Morgan fingerprint density at radius 3 is 2.52 bits per heavy atom. The number of hydrogen-bond donors (Lipinski definition) is 1. The Morgan fingerprint density at radius 1 is 1.38 bits per heavy atom. The van der Waals surface area contributed by atoms with Gasteiger partial charge < -0.3 is 9.88 Å². The highest BCUT2D eigenvalue weighted by Gasteiger charge is 2.19. The lowest BCUT2D eigenvalue weighted by atomic mass is 10.1. The summed E-state index contributed by atoms with van der Waals surface area (Å²) >= 11 is 3.35. The third-order valence-electron chi connectivity index (χ3n) is 3.15. The van der Waals surface area contributed by atoms with Gasteiger partial charge in [-0.25, -0.2) is 0 Å². The lowest BCUT2D eigenvalue weighted by Crippen LogP contribution is -2.28. The highest BCUT2D eigenvalue weighted by molar-refractivity contribution is 9.10. The SMILES string of the molecule is CC(NC(=O)c1cc([N+](=O)[O-])cn1C)c1ccc(Br)cc1. The fourth-order valence-corrected chi connectivity index (χ4v) is 2.24. The Balaban J connectivity index is 2.14. The van der Waals surface area contributed by atoms with E-state index in [0.717, 1.165) is 10.0 Å². The fourth-order valence-electron chi connectivity index (χ4n) is 1.98. The number of carbonyl (C=O) groups excluding carboxylic acids is 1. The van der Waals surface area contributed by atoms with Gasteiger partial charge in [0.25, 0.3) is 11.6 Å². The highest BCUT2D eigenvalue weighted by Crippen LogP contribution is 2.19. The maximum Gasteiger partial charge on any atom is 0.287 e. The van der Waals surface area contributed by atoms with E-state index in [4.69, 9.17) is 0 Å². The molecule has 6 nitrogen and oxygen atoms in total. The average molecular weight is 352 g/mol. The Morgan fingerprint density at radius 2 is 2.00 bits per heavy atom. The minimum Gasteiger partial charge on any atom is -0.344 e. The van der Waals surface area contributed by atoms with Gasteiger partial charge in [-0.05, 0) is 24.6 Å². The van der Waals surface area contributed by atoms with Crippen LogP contribution < -0.4 is 5.32 Å². The second-order valence-corrected chi connectivity index (χ2v) is 5.61. The number of nitro groups is 1. The third-order valence-corrected chi connectivity index (χ3v) is 3.68. The quantitative estimate of drug-likeness (QED) is 0.678. The smallest absolute Gasteiger partial charge is 0.287 e. The first-order valence-corrected chi connectivity index (χ1v) is 7.05. The standard InChI is InChI=1S/C14H14BrN3O3/c1-9(10-3-5-11(15)6-4-10)16-14(19)13-7-12(18(20)21)8-17(13)2/h3-9H,1-2H3,(H,16,19). The van der Waals surface area contributed by atoms with E-state index in [1.54, 1.807) is 7.05 Å². The number of benzene rings is 1. The predicted octanol–water partition coefficient (Wildman–Crippen LogP) is 3.19. The van der Waals surface area contributed by atoms with Crippen molar-refractivity contribution in [2.45, 2.75) is 13.0 Å². The van der Waals surface area contributed by atoms with E-state index < -0.39 is 4.92 Å². The number of nitrogens with zero attached hydrogens (tertiary/aromatic N) is 2. The maximum absolute atomic E-state index is 12.2. The average Bonchev–Trinajstić information content (AvgIpc) is 2.81. The molecule has 0 aliphatic rings. The summed E-state index contributed by atoms with van der Waals surface area (Å²) in [5.41, 5.74) is 1.11. The van der Waals surface area contributed by atoms with Gasteiger partial charge in [0.1, 0.15) is 5.69 Å². The largest absolute Gasteiger partial charge is 0.344 e. The molecule has 110 valence electrons. The minimum absolute atomic E-state index is 0.0982. The first-order chi connectivity index (χ1) is 9.88. The summed E-state index contributed by atoms with van der Waals surface area (Å²) in [5, 5.41) is 13.5.